The summed E-state index contributed by atoms with van der Waals surface area (Å²) >= 11 is 0. The molecule has 0 saturated heterocycles. The van der Waals surface area contributed by atoms with Gasteiger partial charge in [0.05, 0.1) is 11.4 Å². The highest BCUT2D eigenvalue weighted by Crippen LogP contribution is 2.25. The molecule has 2 heterocycles. The number of hydrogen-bond acceptors (Lipinski definition) is 2. The lowest BCUT2D eigenvalue weighted by Gasteiger charge is -1.95. The lowest BCUT2D eigenvalue weighted by molar-refractivity contribution is 1.05. The Balaban J connectivity index is 1.82. The van der Waals surface area contributed by atoms with Crippen molar-refractivity contribution in [2.24, 2.45) is 0 Å². The van der Waals surface area contributed by atoms with Crippen LogP contribution in [-0.2, 0) is 0 Å². The van der Waals surface area contributed by atoms with Crippen molar-refractivity contribution in [1.29, 1.82) is 0 Å². The molecule has 1 saturated carbocycles. The molecule has 1 fully saturated rings. The van der Waals surface area contributed by atoms with Crippen LogP contribution in [0.4, 0.5) is 5.82 Å². The maximum atomic E-state index is 4.20. The Labute approximate surface area is 81.7 Å². The molecule has 72 valence electrons. The third-order valence-electron chi connectivity index (χ3n) is 2.40. The summed E-state index contributed by atoms with van der Waals surface area (Å²) in [6, 6.07) is 6.68. The number of anilines is 1. The Morgan fingerprint density at radius 3 is 3.00 bits per heavy atom. The van der Waals surface area contributed by atoms with Crippen LogP contribution in [0.5, 0.6) is 0 Å². The average molecular weight is 188 g/mol. The van der Waals surface area contributed by atoms with E-state index in [9.17, 15) is 0 Å². The zero-order valence-electron chi connectivity index (χ0n) is 7.75. The van der Waals surface area contributed by atoms with Gasteiger partial charge in [0, 0.05) is 18.3 Å². The van der Waals surface area contributed by atoms with E-state index in [4.69, 9.17) is 0 Å². The lowest BCUT2D eigenvalue weighted by Crippen LogP contribution is -2.00. The van der Waals surface area contributed by atoms with E-state index in [2.05, 4.69) is 20.5 Å². The van der Waals surface area contributed by atoms with Crippen molar-refractivity contribution in [3.63, 3.8) is 0 Å². The van der Waals surface area contributed by atoms with Crippen molar-refractivity contribution in [2.45, 2.75) is 18.9 Å². The number of rotatable bonds is 3. The quantitative estimate of drug-likeness (QED) is 0.689. The highest BCUT2D eigenvalue weighted by atomic mass is 15.2. The fourth-order valence-corrected chi connectivity index (χ4v) is 1.47. The van der Waals surface area contributed by atoms with Gasteiger partial charge in [-0.3, -0.25) is 5.10 Å². The Hall–Kier alpha value is -1.71. The van der Waals surface area contributed by atoms with Crippen molar-refractivity contribution >= 4 is 5.82 Å². The van der Waals surface area contributed by atoms with E-state index in [0.717, 1.165) is 17.2 Å². The highest BCUT2D eigenvalue weighted by molar-refractivity contribution is 5.59. The minimum Gasteiger partial charge on any atom is -0.366 e. The summed E-state index contributed by atoms with van der Waals surface area (Å²) in [7, 11) is 0. The van der Waals surface area contributed by atoms with E-state index < -0.39 is 0 Å². The topological polar surface area (TPSA) is 56.5 Å². The van der Waals surface area contributed by atoms with E-state index in [-0.39, 0.29) is 0 Å². The van der Waals surface area contributed by atoms with Gasteiger partial charge in [0.15, 0.2) is 0 Å². The van der Waals surface area contributed by atoms with E-state index in [1.807, 2.05) is 24.4 Å². The number of aromatic amines is 2. The van der Waals surface area contributed by atoms with Crippen molar-refractivity contribution in [2.75, 3.05) is 5.32 Å². The first-order valence-corrected chi connectivity index (χ1v) is 4.87. The second kappa shape index (κ2) is 2.90. The second-order valence-corrected chi connectivity index (χ2v) is 3.67. The van der Waals surface area contributed by atoms with Crippen LogP contribution >= 0.6 is 0 Å². The summed E-state index contributed by atoms with van der Waals surface area (Å²) in [5, 5.41) is 10.5. The summed E-state index contributed by atoms with van der Waals surface area (Å²) in [5.74, 6) is 0.942. The molecule has 0 bridgehead atoms. The predicted octanol–water partition coefficient (Wildman–Crippen LogP) is 1.98. The van der Waals surface area contributed by atoms with E-state index in [1.54, 1.807) is 0 Å². The van der Waals surface area contributed by atoms with Gasteiger partial charge in [-0.25, -0.2) is 0 Å². The van der Waals surface area contributed by atoms with Crippen LogP contribution in [0.15, 0.2) is 24.4 Å². The van der Waals surface area contributed by atoms with Gasteiger partial charge in [-0.05, 0) is 25.0 Å². The summed E-state index contributed by atoms with van der Waals surface area (Å²) in [6.45, 7) is 0. The van der Waals surface area contributed by atoms with Crippen LogP contribution in [0, 0.1) is 0 Å². The molecule has 3 N–H and O–H groups in total. The first kappa shape index (κ1) is 7.67. The fraction of sp³-hybridized carbons (Fsp3) is 0.300. The van der Waals surface area contributed by atoms with Crippen LogP contribution in [0.1, 0.15) is 12.8 Å². The fourth-order valence-electron chi connectivity index (χ4n) is 1.47. The third-order valence-corrected chi connectivity index (χ3v) is 2.40. The second-order valence-electron chi connectivity index (χ2n) is 3.67. The van der Waals surface area contributed by atoms with Crippen LogP contribution in [0.3, 0.4) is 0 Å². The molecule has 14 heavy (non-hydrogen) atoms. The molecule has 1 aliphatic rings. The van der Waals surface area contributed by atoms with Gasteiger partial charge < -0.3 is 10.3 Å². The molecular weight excluding hydrogens is 176 g/mol. The Morgan fingerprint density at radius 1 is 1.36 bits per heavy atom. The summed E-state index contributed by atoms with van der Waals surface area (Å²) < 4.78 is 0. The minimum absolute atomic E-state index is 0.648. The van der Waals surface area contributed by atoms with Gasteiger partial charge >= 0.3 is 0 Å². The SMILES string of the molecule is c1c[nH]c(-c2cc(NC3CC3)n[nH]2)c1. The van der Waals surface area contributed by atoms with Gasteiger partial charge in [0.2, 0.25) is 0 Å². The van der Waals surface area contributed by atoms with Crippen molar-refractivity contribution in [1.82, 2.24) is 15.2 Å². The van der Waals surface area contributed by atoms with E-state index in [0.29, 0.717) is 6.04 Å². The first-order valence-electron chi connectivity index (χ1n) is 4.87. The molecule has 2 aromatic heterocycles. The zero-order chi connectivity index (χ0) is 9.38. The largest absolute Gasteiger partial charge is 0.366 e. The van der Waals surface area contributed by atoms with Crippen molar-refractivity contribution < 1.29 is 0 Å². The van der Waals surface area contributed by atoms with Crippen LogP contribution in [0.25, 0.3) is 11.4 Å². The Bertz CT molecular complexity index is 411. The van der Waals surface area contributed by atoms with E-state index >= 15 is 0 Å². The smallest absolute Gasteiger partial charge is 0.148 e. The maximum absolute atomic E-state index is 4.20. The monoisotopic (exact) mass is 188 g/mol. The van der Waals surface area contributed by atoms with Gasteiger partial charge in [0.25, 0.3) is 0 Å². The molecule has 0 radical (unpaired) electrons. The molecular formula is C10H12N4. The van der Waals surface area contributed by atoms with Gasteiger partial charge in [0.1, 0.15) is 5.82 Å². The third kappa shape index (κ3) is 1.39. The highest BCUT2D eigenvalue weighted by Gasteiger charge is 2.21. The molecule has 0 atom stereocenters. The number of hydrogen-bond donors (Lipinski definition) is 3. The Kier molecular flexibility index (Phi) is 1.59. The molecule has 3 rings (SSSR count). The molecule has 0 unspecified atom stereocenters. The van der Waals surface area contributed by atoms with Crippen molar-refractivity contribution in [3.8, 4) is 11.4 Å². The van der Waals surface area contributed by atoms with Crippen LogP contribution in [-0.4, -0.2) is 21.2 Å². The Morgan fingerprint density at radius 2 is 2.29 bits per heavy atom. The van der Waals surface area contributed by atoms with Crippen molar-refractivity contribution in [3.05, 3.63) is 24.4 Å². The number of nitrogens with zero attached hydrogens (tertiary/aromatic N) is 1. The molecule has 0 amide bonds. The average Bonchev–Trinajstić information content (AvgIpc) is 2.71. The molecule has 0 aromatic carbocycles. The molecule has 4 nitrogen and oxygen atoms in total. The first-order chi connectivity index (χ1) is 6.92. The number of aromatic nitrogens is 3. The minimum atomic E-state index is 0.648. The van der Waals surface area contributed by atoms with E-state index in [1.165, 1.54) is 12.8 Å². The van der Waals surface area contributed by atoms with Gasteiger partial charge in [-0.1, -0.05) is 0 Å². The molecule has 0 spiro atoms. The van der Waals surface area contributed by atoms with Gasteiger partial charge in [-0.2, -0.15) is 5.10 Å². The number of H-pyrrole nitrogens is 2. The normalized spacial score (nSPS) is 15.7. The van der Waals surface area contributed by atoms with Gasteiger partial charge in [-0.15, -0.1) is 0 Å². The standard InChI is InChI=1S/C10H12N4/c1-2-8(11-5-1)9-6-10(14-13-9)12-7-3-4-7/h1-2,5-7,11H,3-4H2,(H2,12,13,14). The number of nitrogens with one attached hydrogen (secondary N) is 3. The summed E-state index contributed by atoms with van der Waals surface area (Å²) in [5.41, 5.74) is 2.10. The van der Waals surface area contributed by atoms with Crippen LogP contribution in [0.2, 0.25) is 0 Å². The molecule has 4 heteroatoms. The molecule has 1 aliphatic carbocycles. The molecule has 2 aromatic rings. The zero-order valence-corrected chi connectivity index (χ0v) is 7.75. The summed E-state index contributed by atoms with van der Waals surface area (Å²) in [6.07, 6.45) is 4.44. The molecule has 0 aliphatic heterocycles. The lowest BCUT2D eigenvalue weighted by atomic mass is 10.3. The van der Waals surface area contributed by atoms with Crippen LogP contribution < -0.4 is 5.32 Å². The maximum Gasteiger partial charge on any atom is 0.148 e. The summed E-state index contributed by atoms with van der Waals surface area (Å²) in [4.78, 5) is 3.14. The predicted molar refractivity (Wildman–Crippen MR) is 55.0 cm³/mol.